The molecule has 3 rings (SSSR count). The molecule has 0 aliphatic rings. The molecule has 5 heteroatoms. The maximum Gasteiger partial charge on any atom is 0.257 e. The molecular formula is C20H17BrN2OS. The van der Waals surface area contributed by atoms with Crippen molar-refractivity contribution in [2.45, 2.75) is 6.92 Å². The number of pyridine rings is 2. The molecule has 0 unspecified atom stereocenters. The van der Waals surface area contributed by atoms with Gasteiger partial charge in [-0.25, -0.2) is 0 Å². The first-order chi connectivity index (χ1) is 12.2. The molecule has 0 amide bonds. The van der Waals surface area contributed by atoms with Crippen molar-refractivity contribution in [3.8, 4) is 10.4 Å². The van der Waals surface area contributed by atoms with Crippen LogP contribution in [0.3, 0.4) is 0 Å². The van der Waals surface area contributed by atoms with Crippen LogP contribution in [0, 0.1) is 0 Å². The van der Waals surface area contributed by atoms with Crippen LogP contribution >= 0.6 is 27.3 Å². The lowest BCUT2D eigenvalue weighted by molar-refractivity contribution is 1.15. The maximum atomic E-state index is 12.7. The largest absolute Gasteiger partial charge is 0.322 e. The fourth-order valence-electron chi connectivity index (χ4n) is 2.66. The first-order valence-corrected chi connectivity index (χ1v) is 9.86. The van der Waals surface area contributed by atoms with Crippen molar-refractivity contribution in [3.63, 3.8) is 0 Å². The van der Waals surface area contributed by atoms with Crippen molar-refractivity contribution < 1.29 is 0 Å². The smallest absolute Gasteiger partial charge is 0.257 e. The number of alkyl halides is 1. The van der Waals surface area contributed by atoms with Crippen LogP contribution in [0.15, 0.2) is 46.7 Å². The van der Waals surface area contributed by atoms with E-state index in [2.05, 4.69) is 32.0 Å². The minimum atomic E-state index is -0.0806. The van der Waals surface area contributed by atoms with E-state index in [0.717, 1.165) is 26.7 Å². The van der Waals surface area contributed by atoms with E-state index in [4.69, 9.17) is 0 Å². The van der Waals surface area contributed by atoms with Gasteiger partial charge in [0.1, 0.15) is 0 Å². The zero-order valence-electron chi connectivity index (χ0n) is 13.7. The van der Waals surface area contributed by atoms with Gasteiger partial charge in [0.15, 0.2) is 0 Å². The van der Waals surface area contributed by atoms with Crippen LogP contribution in [0.2, 0.25) is 0 Å². The van der Waals surface area contributed by atoms with Crippen molar-refractivity contribution in [3.05, 3.63) is 74.1 Å². The molecule has 0 radical (unpaired) electrons. The molecule has 0 fully saturated rings. The molecule has 3 aromatic rings. The summed E-state index contributed by atoms with van der Waals surface area (Å²) in [6.07, 6.45) is 9.67. The quantitative estimate of drug-likeness (QED) is 0.664. The second-order valence-electron chi connectivity index (χ2n) is 5.28. The van der Waals surface area contributed by atoms with Gasteiger partial charge in [0, 0.05) is 27.0 Å². The lowest BCUT2D eigenvalue weighted by Crippen LogP contribution is -2.37. The minimum absolute atomic E-state index is 0.0806. The predicted octanol–water partition coefficient (Wildman–Crippen LogP) is 3.64. The Morgan fingerprint density at radius 3 is 2.76 bits per heavy atom. The van der Waals surface area contributed by atoms with Gasteiger partial charge in [0.2, 0.25) is 0 Å². The number of rotatable bonds is 4. The Hall–Kier alpha value is -2.24. The van der Waals surface area contributed by atoms with Gasteiger partial charge in [-0.15, -0.1) is 11.3 Å². The Morgan fingerprint density at radius 1 is 1.24 bits per heavy atom. The second-order valence-corrected chi connectivity index (χ2v) is 6.88. The number of nitrogens with one attached hydrogen (secondary N) is 1. The number of thiophene rings is 1. The maximum absolute atomic E-state index is 12.7. The molecule has 0 aliphatic carbocycles. The van der Waals surface area contributed by atoms with E-state index >= 15 is 0 Å². The van der Waals surface area contributed by atoms with E-state index in [-0.39, 0.29) is 5.56 Å². The van der Waals surface area contributed by atoms with Crippen LogP contribution in [-0.2, 0) is 0 Å². The Balaban J connectivity index is 2.33. The van der Waals surface area contributed by atoms with Gasteiger partial charge < -0.3 is 4.98 Å². The van der Waals surface area contributed by atoms with Crippen LogP contribution in [0.25, 0.3) is 34.7 Å². The third kappa shape index (κ3) is 3.89. The number of H-pyrrole nitrogens is 1. The predicted molar refractivity (Wildman–Crippen MR) is 111 cm³/mol. The third-order valence-corrected chi connectivity index (χ3v) is 4.98. The van der Waals surface area contributed by atoms with Crippen LogP contribution in [-0.4, -0.2) is 15.3 Å². The summed E-state index contributed by atoms with van der Waals surface area (Å²) in [7, 11) is 0. The molecule has 0 spiro atoms. The molecule has 1 N–H and O–H groups in total. The summed E-state index contributed by atoms with van der Waals surface area (Å²) in [4.78, 5) is 21.0. The Labute approximate surface area is 158 Å². The molecule has 0 bridgehead atoms. The summed E-state index contributed by atoms with van der Waals surface area (Å²) in [5.74, 6) is 0. The lowest BCUT2D eigenvalue weighted by atomic mass is 10.0. The third-order valence-electron chi connectivity index (χ3n) is 3.77. The molecule has 25 heavy (non-hydrogen) atoms. The van der Waals surface area contributed by atoms with Gasteiger partial charge >= 0.3 is 0 Å². The Kier molecular flexibility index (Phi) is 5.79. The topological polar surface area (TPSA) is 45.8 Å². The molecule has 3 aromatic heterocycles. The number of hydrogen-bond donors (Lipinski definition) is 1. The highest BCUT2D eigenvalue weighted by molar-refractivity contribution is 9.09. The average Bonchev–Trinajstić information content (AvgIpc) is 3.16. The molecule has 0 atom stereocenters. The monoisotopic (exact) mass is 412 g/mol. The van der Waals surface area contributed by atoms with Crippen molar-refractivity contribution in [1.29, 1.82) is 0 Å². The van der Waals surface area contributed by atoms with Crippen LogP contribution in [0.1, 0.15) is 18.2 Å². The van der Waals surface area contributed by atoms with E-state index in [0.29, 0.717) is 10.9 Å². The van der Waals surface area contributed by atoms with E-state index in [1.54, 1.807) is 17.5 Å². The van der Waals surface area contributed by atoms with Crippen molar-refractivity contribution in [1.82, 2.24) is 9.97 Å². The van der Waals surface area contributed by atoms with Crippen LogP contribution in [0.4, 0.5) is 0 Å². The van der Waals surface area contributed by atoms with Crippen molar-refractivity contribution in [2.75, 3.05) is 5.33 Å². The van der Waals surface area contributed by atoms with Gasteiger partial charge in [0.05, 0.1) is 11.3 Å². The summed E-state index contributed by atoms with van der Waals surface area (Å²) in [5, 5.41) is 4.52. The summed E-state index contributed by atoms with van der Waals surface area (Å²) in [6.45, 7) is 1.92. The molecular weight excluding hydrogens is 396 g/mol. The van der Waals surface area contributed by atoms with E-state index in [9.17, 15) is 4.79 Å². The zero-order chi connectivity index (χ0) is 17.6. The summed E-state index contributed by atoms with van der Waals surface area (Å²) in [5.41, 5.74) is 2.37. The zero-order valence-corrected chi connectivity index (χ0v) is 16.1. The molecule has 0 saturated heterocycles. The average molecular weight is 413 g/mol. The van der Waals surface area contributed by atoms with Gasteiger partial charge in [-0.3, -0.25) is 9.78 Å². The fraction of sp³-hybridized carbons (Fsp3) is 0.100. The SMILES string of the molecule is CC=c1[nH]c(=O)c(-c2cccs2)c(C=Cc2ccccn2)c1=CCBr. The van der Waals surface area contributed by atoms with Gasteiger partial charge in [-0.2, -0.15) is 0 Å². The molecule has 126 valence electrons. The number of aromatic amines is 1. The molecule has 0 saturated carbocycles. The van der Waals surface area contributed by atoms with Crippen molar-refractivity contribution in [2.24, 2.45) is 0 Å². The molecule has 3 nitrogen and oxygen atoms in total. The first-order valence-electron chi connectivity index (χ1n) is 7.86. The molecule has 0 aliphatic heterocycles. The first kappa shape index (κ1) is 17.6. The number of nitrogens with zero attached hydrogens (tertiary/aromatic N) is 1. The van der Waals surface area contributed by atoms with E-state index in [1.165, 1.54) is 0 Å². The normalized spacial score (nSPS) is 13.0. The number of halogens is 1. The van der Waals surface area contributed by atoms with E-state index in [1.807, 2.05) is 60.9 Å². The summed E-state index contributed by atoms with van der Waals surface area (Å²) >= 11 is 5.04. The number of hydrogen-bond acceptors (Lipinski definition) is 3. The van der Waals surface area contributed by atoms with Crippen LogP contribution in [0.5, 0.6) is 0 Å². The van der Waals surface area contributed by atoms with Crippen molar-refractivity contribution >= 4 is 51.6 Å². The Bertz CT molecular complexity index is 1050. The summed E-state index contributed by atoms with van der Waals surface area (Å²) in [6, 6.07) is 9.70. The fourth-order valence-corrected chi connectivity index (χ4v) is 3.77. The minimum Gasteiger partial charge on any atom is -0.322 e. The van der Waals surface area contributed by atoms with E-state index < -0.39 is 0 Å². The van der Waals surface area contributed by atoms with Gasteiger partial charge in [-0.1, -0.05) is 46.3 Å². The highest BCUT2D eigenvalue weighted by Gasteiger charge is 2.11. The summed E-state index contributed by atoms with van der Waals surface area (Å²) < 4.78 is 0. The number of aromatic nitrogens is 2. The van der Waals surface area contributed by atoms with Gasteiger partial charge in [-0.05, 0) is 42.1 Å². The van der Waals surface area contributed by atoms with Gasteiger partial charge in [0.25, 0.3) is 5.56 Å². The molecule has 0 aromatic carbocycles. The molecule has 3 heterocycles. The second kappa shape index (κ2) is 8.23. The highest BCUT2D eigenvalue weighted by atomic mass is 79.9. The standard InChI is InChI=1S/C20H17BrN2OS/c1-2-17-15(10-11-21)16(9-8-14-6-3-4-12-22-14)19(20(24)23-17)18-7-5-13-25-18/h2-10,12-13H,11H2,1H3,(H,23,24). The Morgan fingerprint density at radius 2 is 2.12 bits per heavy atom. The van der Waals surface area contributed by atoms with Crippen LogP contribution < -0.4 is 16.1 Å². The lowest BCUT2D eigenvalue weighted by Gasteiger charge is -2.06. The highest BCUT2D eigenvalue weighted by Crippen LogP contribution is 2.24.